The second-order valence-electron chi connectivity index (χ2n) is 20.3. The standard InChI is InChI=1S/C60H115NO5/c1-3-5-7-9-11-13-15-17-25-30-34-38-42-46-50-54-60(65)66-55-51-47-43-39-35-31-27-24-22-20-19-21-23-26-29-33-37-41-45-49-53-59(64)61-57(56-62)58(63)52-48-44-40-36-32-28-18-16-14-12-10-8-6-4-2/h17,19,21,25,57-58,62-63H,3-16,18,20,22-24,26-56H2,1-2H3,(H,61,64)/b21-19-,25-17-. The molecule has 6 nitrogen and oxygen atoms in total. The third-order valence-corrected chi connectivity index (χ3v) is 13.7. The largest absolute Gasteiger partial charge is 0.466 e. The van der Waals surface area contributed by atoms with Gasteiger partial charge in [-0.1, -0.05) is 256 Å². The van der Waals surface area contributed by atoms with E-state index in [0.717, 1.165) is 44.9 Å². The number of hydrogen-bond donors (Lipinski definition) is 3. The van der Waals surface area contributed by atoms with E-state index in [9.17, 15) is 19.8 Å². The fourth-order valence-corrected chi connectivity index (χ4v) is 9.16. The molecule has 6 heteroatoms. The van der Waals surface area contributed by atoms with Crippen LogP contribution in [0.5, 0.6) is 0 Å². The highest BCUT2D eigenvalue weighted by Gasteiger charge is 2.20. The molecule has 0 saturated carbocycles. The average Bonchev–Trinajstić information content (AvgIpc) is 3.32. The molecule has 0 aliphatic heterocycles. The van der Waals surface area contributed by atoms with E-state index < -0.39 is 12.1 Å². The maximum absolute atomic E-state index is 12.5. The normalized spacial score (nSPS) is 12.7. The van der Waals surface area contributed by atoms with Gasteiger partial charge < -0.3 is 20.3 Å². The van der Waals surface area contributed by atoms with Crippen molar-refractivity contribution in [3.05, 3.63) is 24.3 Å². The van der Waals surface area contributed by atoms with Crippen LogP contribution in [0.15, 0.2) is 24.3 Å². The number of unbranched alkanes of at least 4 members (excludes halogenated alkanes) is 40. The minimum atomic E-state index is -0.669. The summed E-state index contributed by atoms with van der Waals surface area (Å²) >= 11 is 0. The van der Waals surface area contributed by atoms with Crippen molar-refractivity contribution >= 4 is 11.9 Å². The van der Waals surface area contributed by atoms with Crippen molar-refractivity contribution in [2.75, 3.05) is 13.2 Å². The van der Waals surface area contributed by atoms with Gasteiger partial charge in [0, 0.05) is 12.8 Å². The molecule has 0 aromatic rings. The van der Waals surface area contributed by atoms with Crippen LogP contribution in [-0.4, -0.2) is 47.4 Å². The molecule has 390 valence electrons. The van der Waals surface area contributed by atoms with E-state index in [-0.39, 0.29) is 18.5 Å². The van der Waals surface area contributed by atoms with Crippen LogP contribution in [0.25, 0.3) is 0 Å². The topological polar surface area (TPSA) is 95.9 Å². The molecule has 0 radical (unpaired) electrons. The Morgan fingerprint density at radius 1 is 0.409 bits per heavy atom. The van der Waals surface area contributed by atoms with Crippen LogP contribution in [0.4, 0.5) is 0 Å². The Bertz CT molecular complexity index is 1030. The van der Waals surface area contributed by atoms with Crippen molar-refractivity contribution in [2.45, 2.75) is 334 Å². The Balaban J connectivity index is 3.43. The Morgan fingerprint density at radius 3 is 1.08 bits per heavy atom. The summed E-state index contributed by atoms with van der Waals surface area (Å²) in [6, 6.07) is -0.547. The van der Waals surface area contributed by atoms with Gasteiger partial charge in [-0.2, -0.15) is 0 Å². The molecule has 2 unspecified atom stereocenters. The van der Waals surface area contributed by atoms with E-state index >= 15 is 0 Å². The maximum atomic E-state index is 12.5. The van der Waals surface area contributed by atoms with E-state index in [1.54, 1.807) is 0 Å². The lowest BCUT2D eigenvalue weighted by Crippen LogP contribution is -2.45. The smallest absolute Gasteiger partial charge is 0.305 e. The van der Waals surface area contributed by atoms with Crippen molar-refractivity contribution < 1.29 is 24.5 Å². The van der Waals surface area contributed by atoms with Crippen LogP contribution < -0.4 is 5.32 Å². The molecular weight excluding hydrogens is 815 g/mol. The summed E-state index contributed by atoms with van der Waals surface area (Å²) in [7, 11) is 0. The quantitative estimate of drug-likeness (QED) is 0.0321. The number of carbonyl (C=O) groups is 2. The molecule has 0 aliphatic carbocycles. The SMILES string of the molecule is CCCCCCCC/C=C\CCCCCCCC(=O)OCCCCCCCCCCC/C=C\CCCCCCCCCC(=O)NC(CO)C(O)CCCCCCCCCCCCCCCC. The Kier molecular flexibility index (Phi) is 54.5. The van der Waals surface area contributed by atoms with Crippen molar-refractivity contribution in [1.82, 2.24) is 5.32 Å². The molecule has 0 fully saturated rings. The minimum absolute atomic E-state index is 0.00148. The molecule has 0 saturated heterocycles. The van der Waals surface area contributed by atoms with E-state index in [1.807, 2.05) is 0 Å². The van der Waals surface area contributed by atoms with Gasteiger partial charge in [0.15, 0.2) is 0 Å². The summed E-state index contributed by atoms with van der Waals surface area (Å²) in [6.07, 6.45) is 67.4. The zero-order valence-electron chi connectivity index (χ0n) is 44.4. The first-order chi connectivity index (χ1) is 32.5. The summed E-state index contributed by atoms with van der Waals surface area (Å²) in [5, 5.41) is 23.2. The molecule has 0 heterocycles. The lowest BCUT2D eigenvalue weighted by atomic mass is 10.0. The van der Waals surface area contributed by atoms with Gasteiger partial charge in [0.25, 0.3) is 0 Å². The number of aliphatic hydroxyl groups excluding tert-OH is 2. The molecule has 0 spiro atoms. The van der Waals surface area contributed by atoms with Gasteiger partial charge in [0.2, 0.25) is 5.91 Å². The van der Waals surface area contributed by atoms with Crippen LogP contribution in [-0.2, 0) is 14.3 Å². The van der Waals surface area contributed by atoms with Gasteiger partial charge in [0.05, 0.1) is 25.4 Å². The lowest BCUT2D eigenvalue weighted by Gasteiger charge is -2.22. The number of allylic oxidation sites excluding steroid dienone is 4. The van der Waals surface area contributed by atoms with Crippen molar-refractivity contribution in [1.29, 1.82) is 0 Å². The number of amides is 1. The van der Waals surface area contributed by atoms with Crippen molar-refractivity contribution in [2.24, 2.45) is 0 Å². The number of aliphatic hydroxyl groups is 2. The molecule has 0 bridgehead atoms. The van der Waals surface area contributed by atoms with Gasteiger partial charge in [-0.3, -0.25) is 9.59 Å². The van der Waals surface area contributed by atoms with Crippen LogP contribution >= 0.6 is 0 Å². The third-order valence-electron chi connectivity index (χ3n) is 13.7. The van der Waals surface area contributed by atoms with Crippen molar-refractivity contribution in [3.8, 4) is 0 Å². The van der Waals surface area contributed by atoms with Gasteiger partial charge in [-0.05, 0) is 77.0 Å². The number of carbonyl (C=O) groups excluding carboxylic acids is 2. The number of rotatable bonds is 55. The second kappa shape index (κ2) is 55.9. The number of hydrogen-bond acceptors (Lipinski definition) is 5. The Hall–Kier alpha value is -1.66. The number of nitrogens with one attached hydrogen (secondary N) is 1. The zero-order chi connectivity index (χ0) is 47.9. The van der Waals surface area contributed by atoms with Crippen LogP contribution in [0, 0.1) is 0 Å². The summed E-state index contributed by atoms with van der Waals surface area (Å²) in [5.41, 5.74) is 0. The number of esters is 1. The molecule has 0 aromatic heterocycles. The van der Waals surface area contributed by atoms with Crippen LogP contribution in [0.3, 0.4) is 0 Å². The monoisotopic (exact) mass is 930 g/mol. The van der Waals surface area contributed by atoms with Gasteiger partial charge in [-0.25, -0.2) is 0 Å². The summed E-state index contributed by atoms with van der Waals surface area (Å²) in [5.74, 6) is -0.0442. The Morgan fingerprint density at radius 2 is 0.712 bits per heavy atom. The molecule has 0 aliphatic rings. The van der Waals surface area contributed by atoms with Gasteiger partial charge >= 0.3 is 5.97 Å². The number of ether oxygens (including phenoxy) is 1. The zero-order valence-corrected chi connectivity index (χ0v) is 44.4. The van der Waals surface area contributed by atoms with E-state index in [4.69, 9.17) is 4.74 Å². The fourth-order valence-electron chi connectivity index (χ4n) is 9.16. The predicted molar refractivity (Wildman–Crippen MR) is 287 cm³/mol. The third kappa shape index (κ3) is 51.7. The predicted octanol–water partition coefficient (Wildman–Crippen LogP) is 18.2. The highest BCUT2D eigenvalue weighted by atomic mass is 16.5. The maximum Gasteiger partial charge on any atom is 0.305 e. The minimum Gasteiger partial charge on any atom is -0.466 e. The van der Waals surface area contributed by atoms with Crippen molar-refractivity contribution in [3.63, 3.8) is 0 Å². The summed E-state index contributed by atoms with van der Waals surface area (Å²) < 4.78 is 5.47. The first kappa shape index (κ1) is 64.3. The average molecular weight is 931 g/mol. The molecule has 1 amide bonds. The molecular formula is C60H115NO5. The van der Waals surface area contributed by atoms with Crippen LogP contribution in [0.1, 0.15) is 322 Å². The highest BCUT2D eigenvalue weighted by molar-refractivity contribution is 5.76. The van der Waals surface area contributed by atoms with Crippen LogP contribution in [0.2, 0.25) is 0 Å². The molecule has 2 atom stereocenters. The van der Waals surface area contributed by atoms with Gasteiger partial charge in [0.1, 0.15) is 0 Å². The first-order valence-electron chi connectivity index (χ1n) is 29.6. The van der Waals surface area contributed by atoms with E-state index in [2.05, 4.69) is 43.5 Å². The molecule has 0 aromatic carbocycles. The highest BCUT2D eigenvalue weighted by Crippen LogP contribution is 2.17. The summed E-state index contributed by atoms with van der Waals surface area (Å²) in [4.78, 5) is 24.5. The molecule has 66 heavy (non-hydrogen) atoms. The Labute approximate surface area is 411 Å². The molecule has 0 rings (SSSR count). The molecule has 3 N–H and O–H groups in total. The lowest BCUT2D eigenvalue weighted by molar-refractivity contribution is -0.143. The van der Waals surface area contributed by atoms with Gasteiger partial charge in [-0.15, -0.1) is 0 Å². The first-order valence-corrected chi connectivity index (χ1v) is 29.6. The van der Waals surface area contributed by atoms with E-state index in [1.165, 1.54) is 244 Å². The van der Waals surface area contributed by atoms with E-state index in [0.29, 0.717) is 25.9 Å². The second-order valence-corrected chi connectivity index (χ2v) is 20.3. The fraction of sp³-hybridized carbons (Fsp3) is 0.900. The summed E-state index contributed by atoms with van der Waals surface area (Å²) in [6.45, 7) is 4.94.